The standard InChI is InChI=1S/C13H23N3O2/c1-4-7-15-12(13(17)18-5-2)6-9-16-10-8-14-11(16)3/h8,10,12,15H,4-7,9H2,1-3H3. The predicted octanol–water partition coefficient (Wildman–Crippen LogP) is 1.51. The van der Waals surface area contributed by atoms with Crippen LogP contribution >= 0.6 is 0 Å². The maximum absolute atomic E-state index is 11.8. The molecule has 1 unspecified atom stereocenters. The summed E-state index contributed by atoms with van der Waals surface area (Å²) in [4.78, 5) is 15.9. The first-order valence-electron chi connectivity index (χ1n) is 6.56. The van der Waals surface area contributed by atoms with Gasteiger partial charge in [-0.15, -0.1) is 0 Å². The Balaban J connectivity index is 2.50. The second-order valence-electron chi connectivity index (χ2n) is 4.22. The molecule has 0 fully saturated rings. The van der Waals surface area contributed by atoms with Crippen LogP contribution < -0.4 is 5.32 Å². The van der Waals surface area contributed by atoms with E-state index in [0.29, 0.717) is 6.61 Å². The molecule has 0 saturated heterocycles. The minimum atomic E-state index is -0.230. The molecule has 102 valence electrons. The van der Waals surface area contributed by atoms with Gasteiger partial charge in [0.2, 0.25) is 0 Å². The molecule has 5 nitrogen and oxygen atoms in total. The third kappa shape index (κ3) is 4.49. The number of hydrogen-bond donors (Lipinski definition) is 1. The Labute approximate surface area is 109 Å². The van der Waals surface area contributed by atoms with Gasteiger partial charge in [0.15, 0.2) is 0 Å². The van der Waals surface area contributed by atoms with Crippen LogP contribution in [0.4, 0.5) is 0 Å². The van der Waals surface area contributed by atoms with Crippen molar-refractivity contribution < 1.29 is 9.53 Å². The molecule has 1 aromatic heterocycles. The number of ether oxygens (including phenoxy) is 1. The van der Waals surface area contributed by atoms with Gasteiger partial charge in [0, 0.05) is 18.9 Å². The highest BCUT2D eigenvalue weighted by atomic mass is 16.5. The number of hydrogen-bond acceptors (Lipinski definition) is 4. The van der Waals surface area contributed by atoms with Crippen LogP contribution in [0.1, 0.15) is 32.5 Å². The van der Waals surface area contributed by atoms with Crippen molar-refractivity contribution in [2.45, 2.75) is 46.2 Å². The Morgan fingerprint density at radius 3 is 2.89 bits per heavy atom. The molecule has 0 bridgehead atoms. The Morgan fingerprint density at radius 1 is 1.56 bits per heavy atom. The molecule has 1 atom stereocenters. The largest absolute Gasteiger partial charge is 0.465 e. The SMILES string of the molecule is CCCNC(CCn1ccnc1C)C(=O)OCC. The van der Waals surface area contributed by atoms with Crippen molar-refractivity contribution in [1.82, 2.24) is 14.9 Å². The van der Waals surface area contributed by atoms with Crippen LogP contribution in [0.3, 0.4) is 0 Å². The van der Waals surface area contributed by atoms with Crippen LogP contribution in [0, 0.1) is 6.92 Å². The van der Waals surface area contributed by atoms with Crippen molar-refractivity contribution in [2.75, 3.05) is 13.2 Å². The second kappa shape index (κ2) is 7.87. The van der Waals surface area contributed by atoms with E-state index in [1.54, 1.807) is 6.20 Å². The van der Waals surface area contributed by atoms with Crippen LogP contribution in [0.5, 0.6) is 0 Å². The zero-order valence-electron chi connectivity index (χ0n) is 11.5. The fraction of sp³-hybridized carbons (Fsp3) is 0.692. The van der Waals surface area contributed by atoms with E-state index >= 15 is 0 Å². The molecule has 0 amide bonds. The van der Waals surface area contributed by atoms with Crippen molar-refractivity contribution in [3.63, 3.8) is 0 Å². The Bertz CT molecular complexity index is 363. The van der Waals surface area contributed by atoms with Gasteiger partial charge in [0.25, 0.3) is 0 Å². The number of aryl methyl sites for hydroxylation is 2. The molecule has 0 aliphatic rings. The lowest BCUT2D eigenvalue weighted by molar-refractivity contribution is -0.145. The average Bonchev–Trinajstić information content (AvgIpc) is 2.75. The van der Waals surface area contributed by atoms with Crippen LogP contribution in [-0.2, 0) is 16.1 Å². The molecule has 0 spiro atoms. The van der Waals surface area contributed by atoms with Gasteiger partial charge in [0.1, 0.15) is 11.9 Å². The van der Waals surface area contributed by atoms with Gasteiger partial charge in [-0.2, -0.15) is 0 Å². The summed E-state index contributed by atoms with van der Waals surface area (Å²) in [6.07, 6.45) is 5.42. The summed E-state index contributed by atoms with van der Waals surface area (Å²) in [6.45, 7) is 7.88. The molecule has 0 aliphatic heterocycles. The summed E-state index contributed by atoms with van der Waals surface area (Å²) in [5.74, 6) is 0.803. The third-order valence-electron chi connectivity index (χ3n) is 2.79. The van der Waals surface area contributed by atoms with E-state index in [1.165, 1.54) is 0 Å². The van der Waals surface area contributed by atoms with Gasteiger partial charge >= 0.3 is 5.97 Å². The average molecular weight is 253 g/mol. The monoisotopic (exact) mass is 253 g/mol. The third-order valence-corrected chi connectivity index (χ3v) is 2.79. The molecular weight excluding hydrogens is 230 g/mol. The highest BCUT2D eigenvalue weighted by Gasteiger charge is 2.18. The predicted molar refractivity (Wildman–Crippen MR) is 70.3 cm³/mol. The van der Waals surface area contributed by atoms with Gasteiger partial charge in [-0.05, 0) is 33.2 Å². The van der Waals surface area contributed by atoms with E-state index < -0.39 is 0 Å². The van der Waals surface area contributed by atoms with E-state index in [-0.39, 0.29) is 12.0 Å². The smallest absolute Gasteiger partial charge is 0.323 e. The molecule has 0 saturated carbocycles. The van der Waals surface area contributed by atoms with Crippen LogP contribution in [-0.4, -0.2) is 34.7 Å². The first-order valence-corrected chi connectivity index (χ1v) is 6.56. The maximum Gasteiger partial charge on any atom is 0.323 e. The molecule has 0 radical (unpaired) electrons. The molecule has 0 aromatic carbocycles. The summed E-state index contributed by atoms with van der Waals surface area (Å²) in [5, 5.41) is 3.23. The maximum atomic E-state index is 11.8. The van der Waals surface area contributed by atoms with E-state index in [9.17, 15) is 4.79 Å². The molecule has 5 heteroatoms. The lowest BCUT2D eigenvalue weighted by Crippen LogP contribution is -2.39. The highest BCUT2D eigenvalue weighted by Crippen LogP contribution is 2.03. The Hall–Kier alpha value is -1.36. The second-order valence-corrected chi connectivity index (χ2v) is 4.22. The molecule has 1 N–H and O–H groups in total. The van der Waals surface area contributed by atoms with Gasteiger partial charge in [-0.25, -0.2) is 4.98 Å². The number of imidazole rings is 1. The minimum absolute atomic E-state index is 0.163. The zero-order valence-corrected chi connectivity index (χ0v) is 11.5. The molecular formula is C13H23N3O2. The molecule has 1 rings (SSSR count). The summed E-state index contributed by atoms with van der Waals surface area (Å²) < 4.78 is 7.12. The molecule has 0 aliphatic carbocycles. The zero-order chi connectivity index (χ0) is 13.4. The van der Waals surface area contributed by atoms with Crippen molar-refractivity contribution in [3.8, 4) is 0 Å². The molecule has 1 heterocycles. The van der Waals surface area contributed by atoms with Gasteiger partial charge in [0.05, 0.1) is 6.61 Å². The number of carbonyl (C=O) groups excluding carboxylic acids is 1. The van der Waals surface area contributed by atoms with Gasteiger partial charge < -0.3 is 14.6 Å². The lowest BCUT2D eigenvalue weighted by Gasteiger charge is -2.17. The quantitative estimate of drug-likeness (QED) is 0.714. The summed E-state index contributed by atoms with van der Waals surface area (Å²) >= 11 is 0. The molecule has 18 heavy (non-hydrogen) atoms. The van der Waals surface area contributed by atoms with Gasteiger partial charge in [-0.3, -0.25) is 4.79 Å². The van der Waals surface area contributed by atoms with E-state index in [0.717, 1.165) is 31.8 Å². The summed E-state index contributed by atoms with van der Waals surface area (Å²) in [6, 6.07) is -0.230. The van der Waals surface area contributed by atoms with Crippen LogP contribution in [0.15, 0.2) is 12.4 Å². The number of carbonyl (C=O) groups is 1. The number of nitrogens with one attached hydrogen (secondary N) is 1. The number of rotatable bonds is 8. The fourth-order valence-corrected chi connectivity index (χ4v) is 1.77. The topological polar surface area (TPSA) is 56.2 Å². The van der Waals surface area contributed by atoms with Crippen LogP contribution in [0.2, 0.25) is 0 Å². The Morgan fingerprint density at radius 2 is 2.33 bits per heavy atom. The van der Waals surface area contributed by atoms with Crippen molar-refractivity contribution in [1.29, 1.82) is 0 Å². The van der Waals surface area contributed by atoms with Crippen molar-refractivity contribution in [3.05, 3.63) is 18.2 Å². The normalized spacial score (nSPS) is 12.4. The first-order chi connectivity index (χ1) is 8.69. The first kappa shape index (κ1) is 14.7. The van der Waals surface area contributed by atoms with E-state index in [2.05, 4.69) is 17.2 Å². The lowest BCUT2D eigenvalue weighted by atomic mass is 10.2. The van der Waals surface area contributed by atoms with E-state index in [1.807, 2.05) is 24.6 Å². The summed E-state index contributed by atoms with van der Waals surface area (Å²) in [5.41, 5.74) is 0. The minimum Gasteiger partial charge on any atom is -0.465 e. The van der Waals surface area contributed by atoms with Gasteiger partial charge in [-0.1, -0.05) is 6.92 Å². The van der Waals surface area contributed by atoms with Crippen molar-refractivity contribution >= 4 is 5.97 Å². The number of aromatic nitrogens is 2. The Kier molecular flexibility index (Phi) is 6.43. The molecule has 1 aromatic rings. The summed E-state index contributed by atoms with van der Waals surface area (Å²) in [7, 11) is 0. The van der Waals surface area contributed by atoms with Crippen molar-refractivity contribution in [2.24, 2.45) is 0 Å². The highest BCUT2D eigenvalue weighted by molar-refractivity contribution is 5.75. The number of nitrogens with zero attached hydrogens (tertiary/aromatic N) is 2. The fourth-order valence-electron chi connectivity index (χ4n) is 1.77. The number of esters is 1. The van der Waals surface area contributed by atoms with Crippen LogP contribution in [0.25, 0.3) is 0 Å². The van der Waals surface area contributed by atoms with E-state index in [4.69, 9.17) is 4.74 Å².